The molecule has 1 aliphatic heterocycles. The number of ether oxygens (including phenoxy) is 1. The normalized spacial score (nSPS) is 16.0. The molecule has 0 spiro atoms. The molecule has 142 valence electrons. The minimum atomic E-state index is -0.865. The Hall–Kier alpha value is -1.96. The van der Waals surface area contributed by atoms with Gasteiger partial charge in [0, 0.05) is 18.5 Å². The number of halogens is 2. The zero-order chi connectivity index (χ0) is 18.0. The van der Waals surface area contributed by atoms with E-state index in [0.29, 0.717) is 37.3 Å². The van der Waals surface area contributed by atoms with Gasteiger partial charge in [-0.15, -0.1) is 12.4 Å². The zero-order valence-electron chi connectivity index (χ0n) is 15.1. The molecular formula is C18H24ClFN4O2. The van der Waals surface area contributed by atoms with E-state index in [0.717, 1.165) is 11.4 Å². The van der Waals surface area contributed by atoms with E-state index in [9.17, 15) is 9.18 Å². The lowest BCUT2D eigenvalue weighted by atomic mass is 9.91. The maximum Gasteiger partial charge on any atom is 0.256 e. The third-order valence-corrected chi connectivity index (χ3v) is 4.66. The minimum Gasteiger partial charge on any atom is -0.368 e. The quantitative estimate of drug-likeness (QED) is 0.853. The fraction of sp³-hybridized carbons (Fsp3) is 0.444. The lowest BCUT2D eigenvalue weighted by Gasteiger charge is -2.34. The van der Waals surface area contributed by atoms with Crippen molar-refractivity contribution in [1.82, 2.24) is 15.1 Å². The van der Waals surface area contributed by atoms with Gasteiger partial charge < -0.3 is 15.4 Å². The Labute approximate surface area is 158 Å². The molecule has 26 heavy (non-hydrogen) atoms. The smallest absolute Gasteiger partial charge is 0.256 e. The van der Waals surface area contributed by atoms with Crippen molar-refractivity contribution in [3.8, 4) is 5.69 Å². The first-order valence-electron chi connectivity index (χ1n) is 8.36. The van der Waals surface area contributed by atoms with Gasteiger partial charge in [-0.3, -0.25) is 4.79 Å². The molecule has 0 unspecified atom stereocenters. The lowest BCUT2D eigenvalue weighted by molar-refractivity contribution is -0.140. The Morgan fingerprint density at radius 2 is 2.00 bits per heavy atom. The Morgan fingerprint density at radius 1 is 1.31 bits per heavy atom. The van der Waals surface area contributed by atoms with Crippen LogP contribution in [0.4, 0.5) is 10.1 Å². The molecule has 1 fully saturated rings. The van der Waals surface area contributed by atoms with Crippen LogP contribution in [0, 0.1) is 19.7 Å². The van der Waals surface area contributed by atoms with Gasteiger partial charge >= 0.3 is 0 Å². The summed E-state index contributed by atoms with van der Waals surface area (Å²) < 4.78 is 21.6. The molecule has 1 saturated heterocycles. The fourth-order valence-corrected chi connectivity index (χ4v) is 3.23. The largest absolute Gasteiger partial charge is 0.368 e. The molecule has 3 rings (SSSR count). The second-order valence-electron chi connectivity index (χ2n) is 6.41. The Balaban J connectivity index is 0.00000243. The molecule has 2 aromatic rings. The van der Waals surface area contributed by atoms with E-state index in [1.165, 1.54) is 13.2 Å². The van der Waals surface area contributed by atoms with Crippen LogP contribution in [0.1, 0.15) is 24.2 Å². The SMILES string of the molecule is COC1(C(=O)Nc2ccc(-n3nc(C)cc3C)c(F)c2)CCNCC1.Cl. The highest BCUT2D eigenvalue weighted by atomic mass is 35.5. The predicted octanol–water partition coefficient (Wildman–Crippen LogP) is 2.76. The number of anilines is 1. The van der Waals surface area contributed by atoms with Crippen LogP contribution in [0.15, 0.2) is 24.3 Å². The molecule has 1 aromatic carbocycles. The van der Waals surface area contributed by atoms with Crippen molar-refractivity contribution in [3.05, 3.63) is 41.5 Å². The molecule has 1 aliphatic rings. The first-order valence-corrected chi connectivity index (χ1v) is 8.36. The van der Waals surface area contributed by atoms with Crippen molar-refractivity contribution < 1.29 is 13.9 Å². The Morgan fingerprint density at radius 3 is 2.54 bits per heavy atom. The average Bonchev–Trinajstić information content (AvgIpc) is 2.93. The highest BCUT2D eigenvalue weighted by molar-refractivity contribution is 5.97. The second-order valence-corrected chi connectivity index (χ2v) is 6.41. The maximum atomic E-state index is 14.5. The van der Waals surface area contributed by atoms with Crippen LogP contribution in [0.5, 0.6) is 0 Å². The van der Waals surface area contributed by atoms with E-state index in [-0.39, 0.29) is 18.3 Å². The number of rotatable bonds is 4. The molecule has 1 amide bonds. The molecule has 2 heterocycles. The number of nitrogens with one attached hydrogen (secondary N) is 2. The van der Waals surface area contributed by atoms with Crippen LogP contribution >= 0.6 is 12.4 Å². The number of hydrogen-bond acceptors (Lipinski definition) is 4. The molecule has 0 bridgehead atoms. The first kappa shape index (κ1) is 20.4. The summed E-state index contributed by atoms with van der Waals surface area (Å²) in [7, 11) is 1.54. The summed E-state index contributed by atoms with van der Waals surface area (Å²) in [6.07, 6.45) is 1.17. The van der Waals surface area contributed by atoms with E-state index < -0.39 is 11.4 Å². The molecule has 6 nitrogen and oxygen atoms in total. The van der Waals surface area contributed by atoms with Crippen molar-refractivity contribution in [2.75, 3.05) is 25.5 Å². The summed E-state index contributed by atoms with van der Waals surface area (Å²) in [5.74, 6) is -0.685. The summed E-state index contributed by atoms with van der Waals surface area (Å²) in [5, 5.41) is 10.3. The molecule has 8 heteroatoms. The molecule has 1 aromatic heterocycles. The number of nitrogens with zero attached hydrogens (tertiary/aromatic N) is 2. The van der Waals surface area contributed by atoms with Gasteiger partial charge in [0.05, 0.1) is 5.69 Å². The van der Waals surface area contributed by atoms with Gasteiger partial charge in [-0.2, -0.15) is 5.10 Å². The number of amides is 1. The summed E-state index contributed by atoms with van der Waals surface area (Å²) in [6, 6.07) is 6.49. The first-order chi connectivity index (χ1) is 11.9. The number of piperidine rings is 1. The van der Waals surface area contributed by atoms with Crippen LogP contribution in [0.3, 0.4) is 0 Å². The fourth-order valence-electron chi connectivity index (χ4n) is 3.23. The van der Waals surface area contributed by atoms with Crippen LogP contribution in [-0.2, 0) is 9.53 Å². The van der Waals surface area contributed by atoms with E-state index in [1.807, 2.05) is 19.9 Å². The van der Waals surface area contributed by atoms with Crippen LogP contribution < -0.4 is 10.6 Å². The van der Waals surface area contributed by atoms with E-state index in [1.54, 1.807) is 16.8 Å². The number of benzene rings is 1. The third kappa shape index (κ3) is 3.90. The molecule has 0 aliphatic carbocycles. The third-order valence-electron chi connectivity index (χ3n) is 4.66. The topological polar surface area (TPSA) is 68.2 Å². The van der Waals surface area contributed by atoms with Gasteiger partial charge in [0.1, 0.15) is 11.3 Å². The van der Waals surface area contributed by atoms with Crippen molar-refractivity contribution in [1.29, 1.82) is 0 Å². The number of carbonyl (C=O) groups excluding carboxylic acids is 1. The van der Waals surface area contributed by atoms with Crippen LogP contribution in [0.2, 0.25) is 0 Å². The molecule has 0 saturated carbocycles. The van der Waals surface area contributed by atoms with Crippen molar-refractivity contribution in [2.24, 2.45) is 0 Å². The summed E-state index contributed by atoms with van der Waals surface area (Å²) in [6.45, 7) is 5.16. The van der Waals surface area contributed by atoms with Crippen LogP contribution in [0.25, 0.3) is 5.69 Å². The molecule has 0 atom stereocenters. The number of methoxy groups -OCH3 is 1. The standard InChI is InChI=1S/C18H23FN4O2.ClH/c1-12-10-13(2)23(22-12)16-5-4-14(11-15(16)19)21-17(24)18(25-3)6-8-20-9-7-18;/h4-5,10-11,20H,6-9H2,1-3H3,(H,21,24);1H. The van der Waals surface area contributed by atoms with Gasteiger partial charge in [0.15, 0.2) is 5.82 Å². The number of aromatic nitrogens is 2. The summed E-state index contributed by atoms with van der Waals surface area (Å²) in [5.41, 5.74) is 1.56. The van der Waals surface area contributed by atoms with Crippen molar-refractivity contribution in [3.63, 3.8) is 0 Å². The molecule has 0 radical (unpaired) electrons. The van der Waals surface area contributed by atoms with E-state index in [2.05, 4.69) is 15.7 Å². The van der Waals surface area contributed by atoms with Crippen LogP contribution in [-0.4, -0.2) is 41.5 Å². The van der Waals surface area contributed by atoms with Gasteiger partial charge in [-0.1, -0.05) is 0 Å². The second kappa shape index (κ2) is 8.16. The van der Waals surface area contributed by atoms with Crippen molar-refractivity contribution in [2.45, 2.75) is 32.3 Å². The Bertz CT molecular complexity index is 787. The highest BCUT2D eigenvalue weighted by Gasteiger charge is 2.39. The van der Waals surface area contributed by atoms with E-state index >= 15 is 0 Å². The number of hydrogen-bond donors (Lipinski definition) is 2. The zero-order valence-corrected chi connectivity index (χ0v) is 16.0. The predicted molar refractivity (Wildman–Crippen MR) is 101 cm³/mol. The van der Waals surface area contributed by atoms with Gasteiger partial charge in [-0.25, -0.2) is 9.07 Å². The van der Waals surface area contributed by atoms with Gasteiger partial charge in [0.25, 0.3) is 5.91 Å². The Kier molecular flexibility index (Phi) is 6.39. The lowest BCUT2D eigenvalue weighted by Crippen LogP contribution is -2.51. The van der Waals surface area contributed by atoms with Gasteiger partial charge in [0.2, 0.25) is 0 Å². The van der Waals surface area contributed by atoms with Gasteiger partial charge in [-0.05, 0) is 64.0 Å². The average molecular weight is 383 g/mol. The monoisotopic (exact) mass is 382 g/mol. The minimum absolute atomic E-state index is 0. The number of aryl methyl sites for hydroxylation is 2. The number of carbonyl (C=O) groups is 1. The highest BCUT2D eigenvalue weighted by Crippen LogP contribution is 2.26. The summed E-state index contributed by atoms with van der Waals surface area (Å²) in [4.78, 5) is 12.6. The van der Waals surface area contributed by atoms with Crippen molar-refractivity contribution >= 4 is 24.0 Å². The molecule has 2 N–H and O–H groups in total. The van der Waals surface area contributed by atoms with E-state index in [4.69, 9.17) is 4.74 Å². The molecular weight excluding hydrogens is 359 g/mol. The summed E-state index contributed by atoms with van der Waals surface area (Å²) >= 11 is 0. The maximum absolute atomic E-state index is 14.5.